The number of nitrogens with zero attached hydrogens (tertiary/aromatic N) is 1. The van der Waals surface area contributed by atoms with Crippen molar-refractivity contribution < 1.29 is 19.0 Å². The highest BCUT2D eigenvalue weighted by Gasteiger charge is 2.11. The fourth-order valence-corrected chi connectivity index (χ4v) is 4.09. The average Bonchev–Trinajstić information content (AvgIpc) is 3.35. The van der Waals surface area contributed by atoms with Gasteiger partial charge in [-0.25, -0.2) is 4.98 Å². The molecule has 0 unspecified atom stereocenters. The molecule has 0 aliphatic heterocycles. The number of thiazole rings is 1. The largest absolute Gasteiger partial charge is 0.493 e. The van der Waals surface area contributed by atoms with E-state index in [1.165, 1.54) is 17.4 Å². The van der Waals surface area contributed by atoms with Gasteiger partial charge >= 0.3 is 0 Å². The second kappa shape index (κ2) is 11.9. The number of anilines is 1. The van der Waals surface area contributed by atoms with Gasteiger partial charge in [-0.05, 0) is 48.4 Å². The number of aromatic nitrogens is 1. The normalized spacial score (nSPS) is 10.8. The van der Waals surface area contributed by atoms with E-state index in [0.29, 0.717) is 29.8 Å². The molecule has 0 saturated heterocycles. The number of hydrogen-bond acceptors (Lipinski definition) is 6. The summed E-state index contributed by atoms with van der Waals surface area (Å²) in [7, 11) is 1.59. The maximum absolute atomic E-state index is 12.5. The number of para-hydroxylation sites is 1. The lowest BCUT2D eigenvalue weighted by Gasteiger charge is -2.11. The minimum Gasteiger partial charge on any atom is -0.493 e. The predicted octanol–water partition coefficient (Wildman–Crippen LogP) is 6.45. The Morgan fingerprint density at radius 2 is 1.77 bits per heavy atom. The molecule has 0 bridgehead atoms. The Hall–Kier alpha value is -4.10. The van der Waals surface area contributed by atoms with E-state index in [-0.39, 0.29) is 5.91 Å². The first kappa shape index (κ1) is 24.0. The van der Waals surface area contributed by atoms with Crippen LogP contribution < -0.4 is 19.5 Å². The van der Waals surface area contributed by atoms with Gasteiger partial charge in [-0.15, -0.1) is 11.3 Å². The van der Waals surface area contributed by atoms with E-state index in [9.17, 15) is 4.79 Å². The van der Waals surface area contributed by atoms with E-state index in [0.717, 1.165) is 28.1 Å². The van der Waals surface area contributed by atoms with Crippen LogP contribution in [0, 0.1) is 0 Å². The number of hydrogen-bond donors (Lipinski definition) is 1. The summed E-state index contributed by atoms with van der Waals surface area (Å²) >= 11 is 1.36. The lowest BCUT2D eigenvalue weighted by atomic mass is 10.1. The minimum absolute atomic E-state index is 0.271. The molecular weight excluding hydrogens is 460 g/mol. The van der Waals surface area contributed by atoms with Crippen LogP contribution >= 0.6 is 11.3 Å². The zero-order valence-corrected chi connectivity index (χ0v) is 20.4. The van der Waals surface area contributed by atoms with Crippen LogP contribution in [0.4, 0.5) is 5.13 Å². The van der Waals surface area contributed by atoms with Gasteiger partial charge in [0, 0.05) is 17.0 Å². The number of carbonyl (C=O) groups excluding carboxylic acids is 1. The molecule has 0 radical (unpaired) electrons. The summed E-state index contributed by atoms with van der Waals surface area (Å²) in [6, 6.07) is 23.2. The molecule has 4 rings (SSSR count). The molecule has 7 heteroatoms. The lowest BCUT2D eigenvalue weighted by molar-refractivity contribution is -0.111. The number of rotatable bonds is 10. The van der Waals surface area contributed by atoms with Crippen LogP contribution in [0.5, 0.6) is 17.2 Å². The van der Waals surface area contributed by atoms with Crippen molar-refractivity contribution in [1.82, 2.24) is 4.98 Å². The van der Waals surface area contributed by atoms with Crippen molar-refractivity contribution >= 4 is 28.5 Å². The van der Waals surface area contributed by atoms with E-state index < -0.39 is 0 Å². The predicted molar refractivity (Wildman–Crippen MR) is 140 cm³/mol. The Balaban J connectivity index is 1.38. The molecule has 1 aromatic heterocycles. The van der Waals surface area contributed by atoms with E-state index >= 15 is 0 Å². The van der Waals surface area contributed by atoms with Gasteiger partial charge in [-0.2, -0.15) is 0 Å². The SMILES string of the molecule is CCOc1ccccc1-c1csc(NC(=O)/C=C/c2ccc(OCc3ccccc3)c(OC)c2)n1. The molecule has 0 spiro atoms. The van der Waals surface area contributed by atoms with Gasteiger partial charge in [-0.1, -0.05) is 48.5 Å². The average molecular weight is 487 g/mol. The van der Waals surface area contributed by atoms with Crippen molar-refractivity contribution in [3.8, 4) is 28.5 Å². The highest BCUT2D eigenvalue weighted by atomic mass is 32.1. The molecule has 1 N–H and O–H groups in total. The molecule has 3 aromatic carbocycles. The molecule has 6 nitrogen and oxygen atoms in total. The zero-order chi connectivity index (χ0) is 24.5. The van der Waals surface area contributed by atoms with Gasteiger partial charge in [0.15, 0.2) is 16.6 Å². The zero-order valence-electron chi connectivity index (χ0n) is 19.6. The first-order chi connectivity index (χ1) is 17.2. The molecule has 178 valence electrons. The van der Waals surface area contributed by atoms with Crippen LogP contribution in [-0.2, 0) is 11.4 Å². The van der Waals surface area contributed by atoms with Crippen molar-refractivity contribution in [2.24, 2.45) is 0 Å². The van der Waals surface area contributed by atoms with Gasteiger partial charge in [0.2, 0.25) is 5.91 Å². The molecule has 0 fully saturated rings. The van der Waals surface area contributed by atoms with Crippen LogP contribution in [0.15, 0.2) is 84.3 Å². The van der Waals surface area contributed by atoms with Gasteiger partial charge in [0.05, 0.1) is 19.4 Å². The number of benzene rings is 3. The van der Waals surface area contributed by atoms with Crippen molar-refractivity contribution in [3.63, 3.8) is 0 Å². The molecular formula is C28H26N2O4S. The summed E-state index contributed by atoms with van der Waals surface area (Å²) in [6.45, 7) is 2.96. The highest BCUT2D eigenvalue weighted by Crippen LogP contribution is 2.32. The first-order valence-electron chi connectivity index (χ1n) is 11.2. The van der Waals surface area contributed by atoms with E-state index in [1.54, 1.807) is 13.2 Å². The summed E-state index contributed by atoms with van der Waals surface area (Å²) in [5.74, 6) is 1.73. The summed E-state index contributed by atoms with van der Waals surface area (Å²) in [6.07, 6.45) is 3.19. The quantitative estimate of drug-likeness (QED) is 0.261. The molecule has 4 aromatic rings. The van der Waals surface area contributed by atoms with Crippen LogP contribution in [0.3, 0.4) is 0 Å². The third-order valence-electron chi connectivity index (χ3n) is 5.05. The Kier molecular flexibility index (Phi) is 8.14. The summed E-state index contributed by atoms with van der Waals surface area (Å²) < 4.78 is 17.0. The van der Waals surface area contributed by atoms with Crippen LogP contribution in [-0.4, -0.2) is 24.6 Å². The fourth-order valence-electron chi connectivity index (χ4n) is 3.38. The van der Waals surface area contributed by atoms with Gasteiger partial charge in [-0.3, -0.25) is 10.1 Å². The number of methoxy groups -OCH3 is 1. The standard InChI is InChI=1S/C28H26N2O4S/c1-3-33-24-12-8-7-11-22(24)23-19-35-28(29-23)30-27(31)16-14-20-13-15-25(26(17-20)32-2)34-18-21-9-5-4-6-10-21/h4-17,19H,3,18H2,1-2H3,(H,29,30,31)/b16-14+. The van der Waals surface area contributed by atoms with Crippen LogP contribution in [0.1, 0.15) is 18.1 Å². The second-order valence-electron chi connectivity index (χ2n) is 7.47. The Bertz CT molecular complexity index is 1300. The van der Waals surface area contributed by atoms with Gasteiger partial charge < -0.3 is 14.2 Å². The third kappa shape index (κ3) is 6.49. The summed E-state index contributed by atoms with van der Waals surface area (Å²) in [5, 5.41) is 5.23. The summed E-state index contributed by atoms with van der Waals surface area (Å²) in [5.41, 5.74) is 3.54. The minimum atomic E-state index is -0.271. The Labute approximate surface area is 208 Å². The summed E-state index contributed by atoms with van der Waals surface area (Å²) in [4.78, 5) is 17.0. The van der Waals surface area contributed by atoms with Crippen molar-refractivity contribution in [2.45, 2.75) is 13.5 Å². The lowest BCUT2D eigenvalue weighted by Crippen LogP contribution is -2.07. The topological polar surface area (TPSA) is 69.7 Å². The molecule has 0 atom stereocenters. The van der Waals surface area contributed by atoms with E-state index in [2.05, 4.69) is 10.3 Å². The maximum atomic E-state index is 12.5. The van der Waals surface area contributed by atoms with Crippen molar-refractivity contribution in [3.05, 3.63) is 95.4 Å². The number of nitrogens with one attached hydrogen (secondary N) is 1. The number of amides is 1. The van der Waals surface area contributed by atoms with Crippen molar-refractivity contribution in [2.75, 3.05) is 19.0 Å². The number of ether oxygens (including phenoxy) is 3. The smallest absolute Gasteiger partial charge is 0.250 e. The fraction of sp³-hybridized carbons (Fsp3) is 0.143. The Morgan fingerprint density at radius 3 is 2.57 bits per heavy atom. The van der Waals surface area contributed by atoms with Gasteiger partial charge in [0.1, 0.15) is 12.4 Å². The first-order valence-corrected chi connectivity index (χ1v) is 12.1. The number of carbonyl (C=O) groups is 1. The molecule has 1 amide bonds. The molecule has 35 heavy (non-hydrogen) atoms. The molecule has 1 heterocycles. The van der Waals surface area contributed by atoms with E-state index in [1.807, 2.05) is 85.1 Å². The third-order valence-corrected chi connectivity index (χ3v) is 5.81. The maximum Gasteiger partial charge on any atom is 0.250 e. The molecule has 0 aliphatic carbocycles. The van der Waals surface area contributed by atoms with Crippen LogP contribution in [0.2, 0.25) is 0 Å². The molecule has 0 aliphatic rings. The Morgan fingerprint density at radius 1 is 0.971 bits per heavy atom. The van der Waals surface area contributed by atoms with E-state index in [4.69, 9.17) is 14.2 Å². The van der Waals surface area contributed by atoms with Crippen LogP contribution in [0.25, 0.3) is 17.3 Å². The van der Waals surface area contributed by atoms with Gasteiger partial charge in [0.25, 0.3) is 0 Å². The molecule has 0 saturated carbocycles. The highest BCUT2D eigenvalue weighted by molar-refractivity contribution is 7.14. The van der Waals surface area contributed by atoms with Crippen molar-refractivity contribution in [1.29, 1.82) is 0 Å². The second-order valence-corrected chi connectivity index (χ2v) is 8.33. The monoisotopic (exact) mass is 486 g/mol.